The van der Waals surface area contributed by atoms with Crippen molar-refractivity contribution in [2.75, 3.05) is 20.8 Å². The highest BCUT2D eigenvalue weighted by molar-refractivity contribution is 6.12. The standard InChI is InChI=1S/C19H24N2O5/c1-12-6-4-5-9-19(12)17(23)21(18(24)20-19)11-15(22)14-10-13(25-2)7-8-16(14)26-3/h7-8,10,12H,4-6,9,11H2,1-3H3,(H,20,24)/t12-,19+/m0/s1. The van der Waals surface area contributed by atoms with Crippen molar-refractivity contribution in [3.8, 4) is 11.5 Å². The number of nitrogens with one attached hydrogen (secondary N) is 1. The zero-order valence-corrected chi connectivity index (χ0v) is 15.3. The molecule has 140 valence electrons. The Morgan fingerprint density at radius 2 is 2.04 bits per heavy atom. The number of rotatable bonds is 5. The lowest BCUT2D eigenvalue weighted by Crippen LogP contribution is -2.54. The largest absolute Gasteiger partial charge is 0.497 e. The van der Waals surface area contributed by atoms with Gasteiger partial charge >= 0.3 is 6.03 Å². The molecule has 1 aliphatic heterocycles. The average Bonchev–Trinajstić information content (AvgIpc) is 2.88. The van der Waals surface area contributed by atoms with E-state index in [0.29, 0.717) is 17.9 Å². The van der Waals surface area contributed by atoms with Crippen LogP contribution in [0, 0.1) is 5.92 Å². The number of nitrogens with zero attached hydrogens (tertiary/aromatic N) is 1. The highest BCUT2D eigenvalue weighted by Crippen LogP contribution is 2.38. The van der Waals surface area contributed by atoms with Crippen molar-refractivity contribution in [1.29, 1.82) is 0 Å². The molecular weight excluding hydrogens is 336 g/mol. The van der Waals surface area contributed by atoms with Gasteiger partial charge in [-0.05, 0) is 37.0 Å². The van der Waals surface area contributed by atoms with Crippen LogP contribution in [0.2, 0.25) is 0 Å². The fourth-order valence-corrected chi connectivity index (χ4v) is 3.90. The molecule has 1 aromatic carbocycles. The van der Waals surface area contributed by atoms with E-state index >= 15 is 0 Å². The first-order valence-corrected chi connectivity index (χ1v) is 8.82. The first kappa shape index (κ1) is 18.2. The van der Waals surface area contributed by atoms with Gasteiger partial charge in [0.05, 0.1) is 26.3 Å². The Balaban J connectivity index is 1.84. The fourth-order valence-electron chi connectivity index (χ4n) is 3.90. The Morgan fingerprint density at radius 3 is 2.69 bits per heavy atom. The van der Waals surface area contributed by atoms with Crippen LogP contribution in [0.3, 0.4) is 0 Å². The molecule has 1 aliphatic carbocycles. The molecule has 1 spiro atoms. The summed E-state index contributed by atoms with van der Waals surface area (Å²) in [6.45, 7) is 1.66. The van der Waals surface area contributed by atoms with Crippen LogP contribution in [0.1, 0.15) is 43.0 Å². The number of hydrogen-bond acceptors (Lipinski definition) is 5. The number of hydrogen-bond donors (Lipinski definition) is 1. The third-order valence-corrected chi connectivity index (χ3v) is 5.51. The molecule has 0 radical (unpaired) electrons. The quantitative estimate of drug-likeness (QED) is 0.644. The zero-order chi connectivity index (χ0) is 18.9. The van der Waals surface area contributed by atoms with Crippen molar-refractivity contribution >= 4 is 17.7 Å². The van der Waals surface area contributed by atoms with Gasteiger partial charge in [0, 0.05) is 0 Å². The molecule has 0 unspecified atom stereocenters. The molecule has 1 aromatic rings. The number of imide groups is 1. The van der Waals surface area contributed by atoms with Crippen molar-refractivity contribution in [1.82, 2.24) is 10.2 Å². The van der Waals surface area contributed by atoms with Crippen LogP contribution >= 0.6 is 0 Å². The highest BCUT2D eigenvalue weighted by Gasteiger charge is 2.55. The first-order valence-electron chi connectivity index (χ1n) is 8.82. The van der Waals surface area contributed by atoms with Crippen LogP contribution < -0.4 is 14.8 Å². The molecule has 1 saturated heterocycles. The maximum absolute atomic E-state index is 13.0. The Morgan fingerprint density at radius 1 is 1.27 bits per heavy atom. The number of ether oxygens (including phenoxy) is 2. The molecule has 0 bridgehead atoms. The maximum Gasteiger partial charge on any atom is 0.325 e. The second-order valence-electron chi connectivity index (χ2n) is 6.93. The molecule has 3 amide bonds. The van der Waals surface area contributed by atoms with E-state index in [0.717, 1.165) is 24.2 Å². The van der Waals surface area contributed by atoms with E-state index in [1.165, 1.54) is 14.2 Å². The summed E-state index contributed by atoms with van der Waals surface area (Å²) in [5.41, 5.74) is -0.584. The van der Waals surface area contributed by atoms with Crippen LogP contribution in [0.4, 0.5) is 4.79 Å². The molecule has 1 saturated carbocycles. The van der Waals surface area contributed by atoms with Crippen LogP contribution in [-0.2, 0) is 4.79 Å². The minimum atomic E-state index is -0.867. The van der Waals surface area contributed by atoms with E-state index in [1.54, 1.807) is 18.2 Å². The van der Waals surface area contributed by atoms with Gasteiger partial charge in [-0.25, -0.2) is 4.79 Å². The number of ketones is 1. The minimum Gasteiger partial charge on any atom is -0.497 e. The zero-order valence-electron chi connectivity index (χ0n) is 15.3. The summed E-state index contributed by atoms with van der Waals surface area (Å²) in [7, 11) is 2.97. The number of Topliss-reactive ketones (excluding diaryl/α,β-unsaturated/α-hetero) is 1. The monoisotopic (exact) mass is 360 g/mol. The number of carbonyl (C=O) groups excluding carboxylic acids is 3. The summed E-state index contributed by atoms with van der Waals surface area (Å²) in [6.07, 6.45) is 3.44. The molecule has 7 nitrogen and oxygen atoms in total. The lowest BCUT2D eigenvalue weighted by atomic mass is 9.73. The Labute approximate surface area is 152 Å². The van der Waals surface area contributed by atoms with Gasteiger partial charge in [0.25, 0.3) is 5.91 Å². The predicted octanol–water partition coefficient (Wildman–Crippen LogP) is 2.39. The number of benzene rings is 1. The van der Waals surface area contributed by atoms with Gasteiger partial charge in [-0.15, -0.1) is 0 Å². The van der Waals surface area contributed by atoms with E-state index in [4.69, 9.17) is 9.47 Å². The summed E-state index contributed by atoms with van der Waals surface area (Å²) in [6, 6.07) is 4.36. The highest BCUT2D eigenvalue weighted by atomic mass is 16.5. The van der Waals surface area contributed by atoms with Gasteiger partial charge in [-0.3, -0.25) is 14.5 Å². The SMILES string of the molecule is COc1ccc(OC)c(C(=O)CN2C(=O)N[C@@]3(CCCC[C@@H]3C)C2=O)c1. The summed E-state index contributed by atoms with van der Waals surface area (Å²) in [5.74, 6) is 0.265. The van der Waals surface area contributed by atoms with Crippen molar-refractivity contribution in [3.63, 3.8) is 0 Å². The lowest BCUT2D eigenvalue weighted by molar-refractivity contribution is -0.133. The summed E-state index contributed by atoms with van der Waals surface area (Å²) >= 11 is 0. The second kappa shape index (κ2) is 6.97. The molecular formula is C19H24N2O5. The van der Waals surface area contributed by atoms with E-state index < -0.39 is 11.6 Å². The summed E-state index contributed by atoms with van der Waals surface area (Å²) in [5, 5.41) is 2.86. The molecule has 3 rings (SSSR count). The topological polar surface area (TPSA) is 84.9 Å². The smallest absolute Gasteiger partial charge is 0.325 e. The maximum atomic E-state index is 13.0. The van der Waals surface area contributed by atoms with E-state index in [9.17, 15) is 14.4 Å². The summed E-state index contributed by atoms with van der Waals surface area (Å²) in [4.78, 5) is 39.2. The molecule has 1 N–H and O–H groups in total. The van der Waals surface area contributed by atoms with Gasteiger partial charge in [0.15, 0.2) is 5.78 Å². The second-order valence-corrected chi connectivity index (χ2v) is 6.93. The Bertz CT molecular complexity index is 747. The lowest BCUT2D eigenvalue weighted by Gasteiger charge is -2.36. The van der Waals surface area contributed by atoms with Crippen LogP contribution in [-0.4, -0.2) is 48.9 Å². The van der Waals surface area contributed by atoms with Gasteiger partial charge in [0.2, 0.25) is 0 Å². The molecule has 2 aliphatic rings. The third kappa shape index (κ3) is 2.91. The van der Waals surface area contributed by atoms with Gasteiger partial charge in [-0.2, -0.15) is 0 Å². The predicted molar refractivity (Wildman–Crippen MR) is 94.5 cm³/mol. The molecule has 26 heavy (non-hydrogen) atoms. The van der Waals surface area contributed by atoms with Gasteiger partial charge in [-0.1, -0.05) is 19.8 Å². The molecule has 1 heterocycles. The van der Waals surface area contributed by atoms with Crippen LogP contribution in [0.25, 0.3) is 0 Å². The summed E-state index contributed by atoms with van der Waals surface area (Å²) < 4.78 is 10.4. The minimum absolute atomic E-state index is 0.0548. The fraction of sp³-hybridized carbons (Fsp3) is 0.526. The van der Waals surface area contributed by atoms with Gasteiger partial charge in [0.1, 0.15) is 17.0 Å². The van der Waals surface area contributed by atoms with Crippen molar-refractivity contribution < 1.29 is 23.9 Å². The number of carbonyl (C=O) groups is 3. The molecule has 7 heteroatoms. The number of urea groups is 1. The van der Waals surface area contributed by atoms with Crippen LogP contribution in [0.5, 0.6) is 11.5 Å². The molecule has 0 aromatic heterocycles. The first-order chi connectivity index (χ1) is 12.4. The molecule has 2 atom stereocenters. The van der Waals surface area contributed by atoms with E-state index in [2.05, 4.69) is 5.32 Å². The Kier molecular flexibility index (Phi) is 4.89. The Hall–Kier alpha value is -2.57. The molecule has 2 fully saturated rings. The average molecular weight is 360 g/mol. The van der Waals surface area contributed by atoms with Crippen molar-refractivity contribution in [2.24, 2.45) is 5.92 Å². The van der Waals surface area contributed by atoms with E-state index in [1.807, 2.05) is 6.92 Å². The third-order valence-electron chi connectivity index (χ3n) is 5.51. The normalized spacial score (nSPS) is 25.3. The van der Waals surface area contributed by atoms with Gasteiger partial charge < -0.3 is 14.8 Å². The van der Waals surface area contributed by atoms with E-state index in [-0.39, 0.29) is 29.7 Å². The van der Waals surface area contributed by atoms with Crippen molar-refractivity contribution in [2.45, 2.75) is 38.1 Å². The number of methoxy groups -OCH3 is 2. The number of amides is 3. The van der Waals surface area contributed by atoms with Crippen LogP contribution in [0.15, 0.2) is 18.2 Å². The van der Waals surface area contributed by atoms with Crippen molar-refractivity contribution in [3.05, 3.63) is 23.8 Å².